The van der Waals surface area contributed by atoms with Crippen LogP contribution in [0, 0.1) is 0 Å². The maximum absolute atomic E-state index is 4.92. The van der Waals surface area contributed by atoms with Crippen molar-refractivity contribution in [1.82, 2.24) is 20.2 Å². The summed E-state index contributed by atoms with van der Waals surface area (Å²) < 4.78 is 4.92. The van der Waals surface area contributed by atoms with Gasteiger partial charge in [-0.25, -0.2) is 0 Å². The van der Waals surface area contributed by atoms with Gasteiger partial charge in [0.1, 0.15) is 0 Å². The van der Waals surface area contributed by atoms with Gasteiger partial charge in [0.15, 0.2) is 5.82 Å². The van der Waals surface area contributed by atoms with E-state index in [0.717, 1.165) is 11.4 Å². The Labute approximate surface area is 93.1 Å². The molecule has 0 radical (unpaired) electrons. The van der Waals surface area contributed by atoms with Crippen LogP contribution in [0.2, 0.25) is 0 Å². The Morgan fingerprint density at radius 2 is 2.19 bits per heavy atom. The molecule has 0 fully saturated rings. The van der Waals surface area contributed by atoms with Crippen LogP contribution < -0.4 is 5.32 Å². The number of rotatable bonds is 5. The Kier molecular flexibility index (Phi) is 3.45. The highest BCUT2D eigenvalue weighted by molar-refractivity contribution is 5.54. The predicted octanol–water partition coefficient (Wildman–Crippen LogP) is 0.925. The maximum atomic E-state index is 4.92. The Balaban J connectivity index is 2.02. The number of pyridine rings is 1. The molecule has 2 rings (SSSR count). The third-order valence-corrected chi connectivity index (χ3v) is 2.03. The average Bonchev–Trinajstić information content (AvgIpc) is 2.79. The summed E-state index contributed by atoms with van der Waals surface area (Å²) in [6.45, 7) is 1.31. The normalized spacial score (nSPS) is 10.3. The van der Waals surface area contributed by atoms with E-state index in [-0.39, 0.29) is 0 Å². The monoisotopic (exact) mass is 219 g/mol. The van der Waals surface area contributed by atoms with Crippen molar-refractivity contribution in [2.24, 2.45) is 0 Å². The third kappa shape index (κ3) is 2.54. The molecule has 2 N–H and O–H groups in total. The smallest absolute Gasteiger partial charge is 0.242 e. The summed E-state index contributed by atoms with van der Waals surface area (Å²) in [7, 11) is 1.65. The van der Waals surface area contributed by atoms with Gasteiger partial charge >= 0.3 is 0 Å². The summed E-state index contributed by atoms with van der Waals surface area (Å²) >= 11 is 0. The second kappa shape index (κ2) is 5.22. The van der Waals surface area contributed by atoms with Crippen LogP contribution in [0.4, 0.5) is 5.95 Å². The van der Waals surface area contributed by atoms with Gasteiger partial charge in [-0.2, -0.15) is 4.98 Å². The van der Waals surface area contributed by atoms with Gasteiger partial charge in [0.25, 0.3) is 0 Å². The van der Waals surface area contributed by atoms with E-state index in [1.165, 1.54) is 0 Å². The Morgan fingerprint density at radius 1 is 1.38 bits per heavy atom. The first-order valence-electron chi connectivity index (χ1n) is 4.96. The molecule has 0 aliphatic rings. The van der Waals surface area contributed by atoms with E-state index < -0.39 is 0 Å². The van der Waals surface area contributed by atoms with Crippen molar-refractivity contribution in [1.29, 1.82) is 0 Å². The number of nitrogens with one attached hydrogen (secondary N) is 2. The van der Waals surface area contributed by atoms with Gasteiger partial charge in [-0.15, -0.1) is 5.10 Å². The van der Waals surface area contributed by atoms with Crippen LogP contribution in [0.25, 0.3) is 11.4 Å². The Hall–Kier alpha value is -1.95. The summed E-state index contributed by atoms with van der Waals surface area (Å²) in [6.07, 6.45) is 3.44. The minimum absolute atomic E-state index is 0.573. The van der Waals surface area contributed by atoms with E-state index in [1.54, 1.807) is 19.5 Å². The van der Waals surface area contributed by atoms with Gasteiger partial charge in [0, 0.05) is 31.6 Å². The van der Waals surface area contributed by atoms with Crippen LogP contribution >= 0.6 is 0 Å². The molecule has 16 heavy (non-hydrogen) atoms. The first-order valence-corrected chi connectivity index (χ1v) is 4.96. The van der Waals surface area contributed by atoms with Crippen molar-refractivity contribution in [3.05, 3.63) is 24.5 Å². The molecule has 0 aliphatic carbocycles. The van der Waals surface area contributed by atoms with Crippen LogP contribution in [-0.2, 0) is 4.74 Å². The molecule has 0 bridgehead atoms. The van der Waals surface area contributed by atoms with Crippen molar-refractivity contribution in [2.45, 2.75) is 0 Å². The molecule has 84 valence electrons. The summed E-state index contributed by atoms with van der Waals surface area (Å²) in [5.74, 6) is 1.30. The number of aromatic amines is 1. The predicted molar refractivity (Wildman–Crippen MR) is 60.0 cm³/mol. The van der Waals surface area contributed by atoms with E-state index in [2.05, 4.69) is 25.5 Å². The largest absolute Gasteiger partial charge is 0.383 e. The molecule has 0 saturated heterocycles. The average molecular weight is 219 g/mol. The maximum Gasteiger partial charge on any atom is 0.242 e. The molecule has 2 aromatic heterocycles. The van der Waals surface area contributed by atoms with Crippen LogP contribution in [0.15, 0.2) is 24.5 Å². The SMILES string of the molecule is COCCNc1n[nH]c(-c2ccncc2)n1. The number of anilines is 1. The molecule has 0 saturated carbocycles. The minimum atomic E-state index is 0.573. The molecule has 2 heterocycles. The zero-order valence-electron chi connectivity index (χ0n) is 8.97. The fourth-order valence-electron chi connectivity index (χ4n) is 1.24. The zero-order valence-corrected chi connectivity index (χ0v) is 8.97. The molecule has 0 amide bonds. The Bertz CT molecular complexity index is 428. The lowest BCUT2D eigenvalue weighted by Crippen LogP contribution is -2.08. The number of methoxy groups -OCH3 is 1. The van der Waals surface area contributed by atoms with Crippen molar-refractivity contribution in [3.63, 3.8) is 0 Å². The van der Waals surface area contributed by atoms with E-state index in [4.69, 9.17) is 4.74 Å². The molecule has 0 aromatic carbocycles. The summed E-state index contributed by atoms with van der Waals surface area (Å²) in [5.41, 5.74) is 0.960. The van der Waals surface area contributed by atoms with Gasteiger partial charge < -0.3 is 10.1 Å². The van der Waals surface area contributed by atoms with Crippen molar-refractivity contribution in [3.8, 4) is 11.4 Å². The van der Waals surface area contributed by atoms with E-state index in [9.17, 15) is 0 Å². The van der Waals surface area contributed by atoms with Crippen molar-refractivity contribution >= 4 is 5.95 Å². The Morgan fingerprint density at radius 3 is 2.94 bits per heavy atom. The van der Waals surface area contributed by atoms with E-state index >= 15 is 0 Å². The van der Waals surface area contributed by atoms with Gasteiger partial charge in [-0.05, 0) is 12.1 Å². The lowest BCUT2D eigenvalue weighted by Gasteiger charge is -1.98. The van der Waals surface area contributed by atoms with Crippen molar-refractivity contribution in [2.75, 3.05) is 25.6 Å². The molecule has 6 nitrogen and oxygen atoms in total. The summed E-state index contributed by atoms with van der Waals surface area (Å²) in [6, 6.07) is 3.75. The van der Waals surface area contributed by atoms with Crippen LogP contribution in [0.5, 0.6) is 0 Å². The number of H-pyrrole nitrogens is 1. The highest BCUT2D eigenvalue weighted by Gasteiger charge is 2.03. The fourth-order valence-corrected chi connectivity index (χ4v) is 1.24. The molecule has 0 unspecified atom stereocenters. The number of hydrogen-bond acceptors (Lipinski definition) is 5. The fraction of sp³-hybridized carbons (Fsp3) is 0.300. The molecule has 6 heteroatoms. The minimum Gasteiger partial charge on any atom is -0.383 e. The molecular weight excluding hydrogens is 206 g/mol. The second-order valence-corrected chi connectivity index (χ2v) is 3.16. The quantitative estimate of drug-likeness (QED) is 0.731. The van der Waals surface area contributed by atoms with Crippen LogP contribution in [0.3, 0.4) is 0 Å². The molecule has 0 atom stereocenters. The standard InChI is InChI=1S/C10H13N5O/c1-16-7-6-12-10-13-9(14-15-10)8-2-4-11-5-3-8/h2-5H,6-7H2,1H3,(H2,12,13,14,15). The van der Waals surface area contributed by atoms with E-state index in [1.807, 2.05) is 12.1 Å². The molecule has 0 aliphatic heterocycles. The molecular formula is C10H13N5O. The number of hydrogen-bond donors (Lipinski definition) is 2. The summed E-state index contributed by atoms with van der Waals surface area (Å²) in [4.78, 5) is 8.24. The van der Waals surface area contributed by atoms with Gasteiger partial charge in [-0.3, -0.25) is 10.1 Å². The molecule has 0 spiro atoms. The number of ether oxygens (including phenoxy) is 1. The van der Waals surface area contributed by atoms with Crippen molar-refractivity contribution < 1.29 is 4.74 Å². The highest BCUT2D eigenvalue weighted by atomic mass is 16.5. The van der Waals surface area contributed by atoms with Crippen LogP contribution in [0.1, 0.15) is 0 Å². The number of nitrogens with zero attached hydrogens (tertiary/aromatic N) is 3. The van der Waals surface area contributed by atoms with Gasteiger partial charge in [0.05, 0.1) is 6.61 Å². The lowest BCUT2D eigenvalue weighted by atomic mass is 10.3. The van der Waals surface area contributed by atoms with Gasteiger partial charge in [0.2, 0.25) is 5.95 Å². The first kappa shape index (κ1) is 10.6. The molecule has 2 aromatic rings. The third-order valence-electron chi connectivity index (χ3n) is 2.03. The van der Waals surface area contributed by atoms with Gasteiger partial charge in [-0.1, -0.05) is 0 Å². The number of aromatic nitrogens is 4. The summed E-state index contributed by atoms with van der Waals surface area (Å²) in [5, 5.41) is 9.94. The first-order chi connectivity index (χ1) is 7.90. The second-order valence-electron chi connectivity index (χ2n) is 3.16. The van der Waals surface area contributed by atoms with Crippen LogP contribution in [-0.4, -0.2) is 40.4 Å². The zero-order chi connectivity index (χ0) is 11.2. The lowest BCUT2D eigenvalue weighted by molar-refractivity contribution is 0.210. The highest BCUT2D eigenvalue weighted by Crippen LogP contribution is 2.13. The topological polar surface area (TPSA) is 75.7 Å². The van der Waals surface area contributed by atoms with E-state index in [0.29, 0.717) is 19.1 Å².